The number of hydrogen-bond donors (Lipinski definition) is 1. The highest BCUT2D eigenvalue weighted by Crippen LogP contribution is 2.29. The molecule has 0 aliphatic rings. The molecule has 0 fully saturated rings. The molecule has 124 valence electrons. The molecule has 0 bridgehead atoms. The zero-order valence-electron chi connectivity index (χ0n) is 14.0. The van der Waals surface area contributed by atoms with E-state index in [1.165, 1.54) is 5.56 Å². The zero-order chi connectivity index (χ0) is 17.2. The SMILES string of the molecule is CC(C)(C)c1ccccc1NCc1nnc(-c2ccc(Cl)cc2)o1. The highest BCUT2D eigenvalue weighted by molar-refractivity contribution is 6.30. The Morgan fingerprint density at radius 3 is 2.42 bits per heavy atom. The van der Waals surface area contributed by atoms with Crippen molar-refractivity contribution in [2.75, 3.05) is 5.32 Å². The molecule has 2 aromatic carbocycles. The van der Waals surface area contributed by atoms with Crippen LogP contribution in [0.25, 0.3) is 11.5 Å². The van der Waals surface area contributed by atoms with E-state index in [1.54, 1.807) is 12.1 Å². The van der Waals surface area contributed by atoms with Crippen LogP contribution < -0.4 is 5.32 Å². The van der Waals surface area contributed by atoms with E-state index in [-0.39, 0.29) is 5.41 Å². The van der Waals surface area contributed by atoms with Gasteiger partial charge in [-0.25, -0.2) is 0 Å². The van der Waals surface area contributed by atoms with Gasteiger partial charge in [-0.3, -0.25) is 0 Å². The first-order valence-electron chi connectivity index (χ1n) is 7.85. The van der Waals surface area contributed by atoms with Crippen LogP contribution in [0.4, 0.5) is 5.69 Å². The molecule has 5 heteroatoms. The van der Waals surface area contributed by atoms with E-state index in [4.69, 9.17) is 16.0 Å². The van der Waals surface area contributed by atoms with Crippen molar-refractivity contribution in [3.63, 3.8) is 0 Å². The smallest absolute Gasteiger partial charge is 0.247 e. The maximum absolute atomic E-state index is 5.90. The Hall–Kier alpha value is -2.33. The summed E-state index contributed by atoms with van der Waals surface area (Å²) in [6.07, 6.45) is 0. The molecule has 24 heavy (non-hydrogen) atoms. The summed E-state index contributed by atoms with van der Waals surface area (Å²) >= 11 is 5.90. The fourth-order valence-corrected chi connectivity index (χ4v) is 2.62. The summed E-state index contributed by atoms with van der Waals surface area (Å²) in [4.78, 5) is 0. The van der Waals surface area contributed by atoms with E-state index < -0.39 is 0 Å². The van der Waals surface area contributed by atoms with Gasteiger partial charge in [0.1, 0.15) is 0 Å². The maximum atomic E-state index is 5.90. The lowest BCUT2D eigenvalue weighted by molar-refractivity contribution is 0.514. The first-order chi connectivity index (χ1) is 11.4. The van der Waals surface area contributed by atoms with E-state index in [0.717, 1.165) is 11.3 Å². The standard InChI is InChI=1S/C19H20ClN3O/c1-19(2,3)15-6-4-5-7-16(15)21-12-17-22-23-18(24-17)13-8-10-14(20)11-9-13/h4-11,21H,12H2,1-3H3. The van der Waals surface area contributed by atoms with Gasteiger partial charge in [-0.15, -0.1) is 10.2 Å². The van der Waals surface area contributed by atoms with Gasteiger partial charge in [0.15, 0.2) is 0 Å². The fourth-order valence-electron chi connectivity index (χ4n) is 2.50. The number of benzene rings is 2. The summed E-state index contributed by atoms with van der Waals surface area (Å²) < 4.78 is 5.73. The van der Waals surface area contributed by atoms with Gasteiger partial charge in [0, 0.05) is 16.3 Å². The molecule has 3 aromatic rings. The lowest BCUT2D eigenvalue weighted by Crippen LogP contribution is -2.14. The van der Waals surface area contributed by atoms with Crippen molar-refractivity contribution >= 4 is 17.3 Å². The Balaban J connectivity index is 1.74. The van der Waals surface area contributed by atoms with Gasteiger partial charge in [0.2, 0.25) is 11.8 Å². The number of aromatic nitrogens is 2. The first-order valence-corrected chi connectivity index (χ1v) is 8.23. The van der Waals surface area contributed by atoms with Crippen LogP contribution in [0.15, 0.2) is 52.9 Å². The van der Waals surface area contributed by atoms with Crippen molar-refractivity contribution in [2.24, 2.45) is 0 Å². The molecule has 0 radical (unpaired) electrons. The molecular formula is C19H20ClN3O. The normalized spacial score (nSPS) is 11.5. The lowest BCUT2D eigenvalue weighted by atomic mass is 9.86. The second kappa shape index (κ2) is 6.65. The van der Waals surface area contributed by atoms with Crippen LogP contribution in [0.1, 0.15) is 32.2 Å². The molecule has 1 N–H and O–H groups in total. The van der Waals surface area contributed by atoms with Gasteiger partial charge in [-0.2, -0.15) is 0 Å². The number of para-hydroxylation sites is 1. The molecule has 1 heterocycles. The third-order valence-electron chi connectivity index (χ3n) is 3.72. The van der Waals surface area contributed by atoms with E-state index in [9.17, 15) is 0 Å². The molecule has 3 rings (SSSR count). The molecule has 0 saturated carbocycles. The first kappa shape index (κ1) is 16.5. The summed E-state index contributed by atoms with van der Waals surface area (Å²) in [5, 5.41) is 12.3. The minimum absolute atomic E-state index is 0.0624. The summed E-state index contributed by atoms with van der Waals surface area (Å²) in [6, 6.07) is 15.6. The number of nitrogens with zero attached hydrogens (tertiary/aromatic N) is 2. The second-order valence-electron chi connectivity index (χ2n) is 6.66. The Kier molecular flexibility index (Phi) is 4.58. The fraction of sp³-hybridized carbons (Fsp3) is 0.263. The van der Waals surface area contributed by atoms with Crippen LogP contribution in [0, 0.1) is 0 Å². The summed E-state index contributed by atoms with van der Waals surface area (Å²) in [5.41, 5.74) is 3.25. The van der Waals surface area contributed by atoms with E-state index in [2.05, 4.69) is 54.5 Å². The molecule has 0 atom stereocenters. The van der Waals surface area contributed by atoms with Crippen LogP contribution >= 0.6 is 11.6 Å². The van der Waals surface area contributed by atoms with Gasteiger partial charge < -0.3 is 9.73 Å². The lowest BCUT2D eigenvalue weighted by Gasteiger charge is -2.23. The van der Waals surface area contributed by atoms with Crippen LogP contribution in [-0.2, 0) is 12.0 Å². The summed E-state index contributed by atoms with van der Waals surface area (Å²) in [7, 11) is 0. The van der Waals surface area contributed by atoms with E-state index in [0.29, 0.717) is 23.3 Å². The van der Waals surface area contributed by atoms with Gasteiger partial charge in [0.05, 0.1) is 6.54 Å². The predicted molar refractivity (Wildman–Crippen MR) is 97.2 cm³/mol. The third kappa shape index (κ3) is 3.77. The van der Waals surface area contributed by atoms with Crippen molar-refractivity contribution < 1.29 is 4.42 Å². The maximum Gasteiger partial charge on any atom is 0.247 e. The molecule has 1 aromatic heterocycles. The summed E-state index contributed by atoms with van der Waals surface area (Å²) in [6.45, 7) is 7.06. The van der Waals surface area contributed by atoms with Gasteiger partial charge in [0.25, 0.3) is 0 Å². The van der Waals surface area contributed by atoms with Crippen molar-refractivity contribution in [1.29, 1.82) is 0 Å². The number of rotatable bonds is 4. The minimum atomic E-state index is 0.0624. The quantitative estimate of drug-likeness (QED) is 0.699. The van der Waals surface area contributed by atoms with Gasteiger partial charge in [-0.05, 0) is 41.3 Å². The van der Waals surface area contributed by atoms with Crippen LogP contribution in [0.3, 0.4) is 0 Å². The average molecular weight is 342 g/mol. The number of halogens is 1. The van der Waals surface area contributed by atoms with Gasteiger partial charge >= 0.3 is 0 Å². The Bertz CT molecular complexity index is 819. The van der Waals surface area contributed by atoms with Crippen LogP contribution in [-0.4, -0.2) is 10.2 Å². The molecule has 0 unspecified atom stereocenters. The Morgan fingerprint density at radius 2 is 1.71 bits per heavy atom. The van der Waals surface area contributed by atoms with Crippen molar-refractivity contribution in [3.05, 3.63) is 65.0 Å². The highest BCUT2D eigenvalue weighted by Gasteiger charge is 2.17. The van der Waals surface area contributed by atoms with Crippen molar-refractivity contribution in [3.8, 4) is 11.5 Å². The van der Waals surface area contributed by atoms with Crippen molar-refractivity contribution in [1.82, 2.24) is 10.2 Å². The highest BCUT2D eigenvalue weighted by atomic mass is 35.5. The minimum Gasteiger partial charge on any atom is -0.419 e. The van der Waals surface area contributed by atoms with Crippen LogP contribution in [0.5, 0.6) is 0 Å². The number of nitrogens with one attached hydrogen (secondary N) is 1. The zero-order valence-corrected chi connectivity index (χ0v) is 14.8. The Labute approximate surface area is 146 Å². The molecule has 0 saturated heterocycles. The Morgan fingerprint density at radius 1 is 1.00 bits per heavy atom. The van der Waals surface area contributed by atoms with Crippen LogP contribution in [0.2, 0.25) is 5.02 Å². The van der Waals surface area contributed by atoms with Crippen molar-refractivity contribution in [2.45, 2.75) is 32.7 Å². The molecule has 0 spiro atoms. The number of hydrogen-bond acceptors (Lipinski definition) is 4. The topological polar surface area (TPSA) is 51.0 Å². The largest absolute Gasteiger partial charge is 0.419 e. The van der Waals surface area contributed by atoms with Gasteiger partial charge in [-0.1, -0.05) is 50.6 Å². The molecule has 4 nitrogen and oxygen atoms in total. The molecular weight excluding hydrogens is 322 g/mol. The summed E-state index contributed by atoms with van der Waals surface area (Å²) in [5.74, 6) is 1.04. The second-order valence-corrected chi connectivity index (χ2v) is 7.09. The molecule has 0 aliphatic heterocycles. The average Bonchev–Trinajstić information content (AvgIpc) is 3.02. The third-order valence-corrected chi connectivity index (χ3v) is 3.98. The molecule has 0 aliphatic carbocycles. The number of anilines is 1. The predicted octanol–water partition coefficient (Wildman–Crippen LogP) is 5.30. The molecule has 0 amide bonds. The monoisotopic (exact) mass is 341 g/mol. The van der Waals surface area contributed by atoms with E-state index in [1.807, 2.05) is 18.2 Å². The van der Waals surface area contributed by atoms with E-state index >= 15 is 0 Å².